The van der Waals surface area contributed by atoms with Gasteiger partial charge in [0.1, 0.15) is 6.61 Å². The van der Waals surface area contributed by atoms with Crippen LogP contribution in [0.15, 0.2) is 0 Å². The summed E-state index contributed by atoms with van der Waals surface area (Å²) in [6.45, 7) is -0.591. The molecule has 0 bridgehead atoms. The van der Waals surface area contributed by atoms with Gasteiger partial charge in [-0.25, -0.2) is 4.79 Å². The zero-order chi connectivity index (χ0) is 10.6. The Balaban J connectivity index is 2.39. The molecule has 1 saturated heterocycles. The van der Waals surface area contributed by atoms with Gasteiger partial charge in [0.25, 0.3) is 11.8 Å². The third-order valence-electron chi connectivity index (χ3n) is 1.48. The molecule has 0 saturated carbocycles. The van der Waals surface area contributed by atoms with Crippen molar-refractivity contribution in [2.75, 3.05) is 13.2 Å². The summed E-state index contributed by atoms with van der Waals surface area (Å²) >= 11 is 0. The molecule has 0 spiro atoms. The van der Waals surface area contributed by atoms with E-state index in [1.54, 1.807) is 0 Å². The minimum atomic E-state index is -1.18. The second-order valence-corrected chi connectivity index (χ2v) is 2.50. The number of rotatable bonds is 3. The molecule has 7 heteroatoms. The Morgan fingerprint density at radius 2 is 1.93 bits per heavy atom. The van der Waals surface area contributed by atoms with Gasteiger partial charge in [-0.2, -0.15) is 0 Å². The minimum Gasteiger partial charge on any atom is -0.430 e. The summed E-state index contributed by atoms with van der Waals surface area (Å²) in [5, 5.41) is 8.67. The Morgan fingerprint density at radius 3 is 2.43 bits per heavy atom. The second kappa shape index (κ2) is 4.56. The topological polar surface area (TPSA) is 93.1 Å². The maximum absolute atomic E-state index is 10.9. The van der Waals surface area contributed by atoms with Gasteiger partial charge in [0.2, 0.25) is 0 Å². The van der Waals surface area contributed by atoms with Crippen LogP contribution in [0.25, 0.3) is 0 Å². The molecule has 7 nitrogen and oxygen atoms in total. The summed E-state index contributed by atoms with van der Waals surface area (Å²) in [5.74, 6) is -1.15. The molecule has 0 aromatic rings. The number of ether oxygens (including phenoxy) is 1. The average molecular weight is 203 g/mol. The highest BCUT2D eigenvalue weighted by Crippen LogP contribution is 2.12. The summed E-state index contributed by atoms with van der Waals surface area (Å²) < 4.78 is 4.29. The summed E-state index contributed by atoms with van der Waals surface area (Å²) in [6, 6.07) is 0. The quantitative estimate of drug-likeness (QED) is 0.476. The Hall–Kier alpha value is -1.63. The largest absolute Gasteiger partial charge is 0.534 e. The van der Waals surface area contributed by atoms with Crippen molar-refractivity contribution < 1.29 is 29.1 Å². The molecule has 2 amide bonds. The average Bonchev–Trinajstić information content (AvgIpc) is 2.46. The number of hydrogen-bond acceptors (Lipinski definition) is 6. The van der Waals surface area contributed by atoms with Gasteiger partial charge in [0, 0.05) is 12.8 Å². The van der Waals surface area contributed by atoms with Gasteiger partial charge in [0.05, 0.1) is 6.61 Å². The number of nitrogens with zero attached hydrogens (tertiary/aromatic N) is 1. The summed E-state index contributed by atoms with van der Waals surface area (Å²) in [4.78, 5) is 36.9. The van der Waals surface area contributed by atoms with Crippen molar-refractivity contribution in [1.29, 1.82) is 0 Å². The lowest BCUT2D eigenvalue weighted by molar-refractivity contribution is -0.177. The van der Waals surface area contributed by atoms with E-state index in [1.807, 2.05) is 0 Å². The summed E-state index contributed by atoms with van der Waals surface area (Å²) in [5.41, 5.74) is 0. The number of carbonyl (C=O) groups excluding carboxylic acids is 3. The first-order valence-electron chi connectivity index (χ1n) is 3.96. The number of aliphatic hydroxyl groups is 1. The molecule has 1 aliphatic rings. The van der Waals surface area contributed by atoms with Gasteiger partial charge in [-0.05, 0) is 0 Å². The van der Waals surface area contributed by atoms with Crippen LogP contribution in [-0.4, -0.2) is 41.4 Å². The van der Waals surface area contributed by atoms with E-state index >= 15 is 0 Å². The predicted molar refractivity (Wildman–Crippen MR) is 40.6 cm³/mol. The van der Waals surface area contributed by atoms with Crippen LogP contribution in [0.1, 0.15) is 12.8 Å². The Labute approximate surface area is 79.1 Å². The van der Waals surface area contributed by atoms with E-state index in [0.717, 1.165) is 0 Å². The highest BCUT2D eigenvalue weighted by molar-refractivity contribution is 6.01. The molecular formula is C7H9NO6. The van der Waals surface area contributed by atoms with Gasteiger partial charge in [-0.3, -0.25) is 14.4 Å². The van der Waals surface area contributed by atoms with E-state index in [-0.39, 0.29) is 26.1 Å². The summed E-state index contributed by atoms with van der Waals surface area (Å²) in [7, 11) is 0. The van der Waals surface area contributed by atoms with Crippen LogP contribution in [0.2, 0.25) is 0 Å². The van der Waals surface area contributed by atoms with Crippen LogP contribution in [0.3, 0.4) is 0 Å². The highest BCUT2D eigenvalue weighted by Gasteiger charge is 2.33. The number of aliphatic hydroxyl groups excluding tert-OH is 1. The number of carbonyl (C=O) groups is 3. The van der Waals surface area contributed by atoms with Gasteiger partial charge in [0.15, 0.2) is 0 Å². The zero-order valence-corrected chi connectivity index (χ0v) is 7.26. The maximum Gasteiger partial charge on any atom is 0.534 e. The monoisotopic (exact) mass is 203 g/mol. The molecule has 1 N–H and O–H groups in total. The van der Waals surface area contributed by atoms with E-state index in [2.05, 4.69) is 9.57 Å². The molecule has 1 rings (SSSR count). The number of imide groups is 1. The Bertz CT molecular complexity index is 247. The molecule has 1 fully saturated rings. The van der Waals surface area contributed by atoms with Crippen molar-refractivity contribution >= 4 is 18.0 Å². The van der Waals surface area contributed by atoms with Crippen LogP contribution in [0.4, 0.5) is 4.79 Å². The van der Waals surface area contributed by atoms with Gasteiger partial charge in [-0.1, -0.05) is 5.06 Å². The van der Waals surface area contributed by atoms with E-state index in [9.17, 15) is 14.4 Å². The summed E-state index contributed by atoms with van der Waals surface area (Å²) in [6.07, 6.45) is -1.11. The lowest BCUT2D eigenvalue weighted by Crippen LogP contribution is -2.32. The molecule has 0 radical (unpaired) electrons. The molecule has 14 heavy (non-hydrogen) atoms. The van der Waals surface area contributed by atoms with E-state index in [4.69, 9.17) is 5.11 Å². The van der Waals surface area contributed by atoms with Crippen molar-refractivity contribution in [3.05, 3.63) is 0 Å². The molecule has 78 valence electrons. The Kier molecular flexibility index (Phi) is 3.41. The van der Waals surface area contributed by atoms with Crippen molar-refractivity contribution in [2.45, 2.75) is 12.8 Å². The first kappa shape index (κ1) is 10.5. The molecule has 0 aromatic heterocycles. The van der Waals surface area contributed by atoms with E-state index < -0.39 is 18.0 Å². The van der Waals surface area contributed by atoms with Crippen LogP contribution < -0.4 is 0 Å². The standard InChI is InChI=1S/C7H9NO6/c9-3-4-13-7(12)14-8-5(10)1-2-6(8)11/h9H,1-4H2. The predicted octanol–water partition coefficient (Wildman–Crippen LogP) is -0.804. The third kappa shape index (κ3) is 2.43. The SMILES string of the molecule is O=C(OCCO)ON1C(=O)CCC1=O. The molecule has 0 atom stereocenters. The van der Waals surface area contributed by atoms with Crippen LogP contribution in [-0.2, 0) is 19.2 Å². The van der Waals surface area contributed by atoms with Crippen molar-refractivity contribution in [3.63, 3.8) is 0 Å². The Morgan fingerprint density at radius 1 is 1.36 bits per heavy atom. The van der Waals surface area contributed by atoms with Crippen molar-refractivity contribution in [2.24, 2.45) is 0 Å². The van der Waals surface area contributed by atoms with Crippen LogP contribution in [0, 0.1) is 0 Å². The highest BCUT2D eigenvalue weighted by atomic mass is 16.8. The van der Waals surface area contributed by atoms with E-state index in [0.29, 0.717) is 5.06 Å². The van der Waals surface area contributed by atoms with Gasteiger partial charge in [-0.15, -0.1) is 0 Å². The van der Waals surface area contributed by atoms with E-state index in [1.165, 1.54) is 0 Å². The fraction of sp³-hybridized carbons (Fsp3) is 0.571. The maximum atomic E-state index is 10.9. The number of amides is 2. The molecule has 0 aromatic carbocycles. The lowest BCUT2D eigenvalue weighted by Gasteiger charge is -2.11. The third-order valence-corrected chi connectivity index (χ3v) is 1.48. The zero-order valence-electron chi connectivity index (χ0n) is 7.26. The normalized spacial score (nSPS) is 15.9. The van der Waals surface area contributed by atoms with Crippen molar-refractivity contribution in [3.8, 4) is 0 Å². The molecule has 1 aliphatic heterocycles. The van der Waals surface area contributed by atoms with Crippen molar-refractivity contribution in [1.82, 2.24) is 5.06 Å². The minimum absolute atomic E-state index is 0.0338. The van der Waals surface area contributed by atoms with Crippen LogP contribution >= 0.6 is 0 Å². The molecule has 0 unspecified atom stereocenters. The number of hydrogen-bond donors (Lipinski definition) is 1. The van der Waals surface area contributed by atoms with Crippen LogP contribution in [0.5, 0.6) is 0 Å². The smallest absolute Gasteiger partial charge is 0.430 e. The second-order valence-electron chi connectivity index (χ2n) is 2.50. The first-order chi connectivity index (χ1) is 6.65. The first-order valence-corrected chi connectivity index (χ1v) is 3.96. The number of hydroxylamine groups is 2. The van der Waals surface area contributed by atoms with Gasteiger partial charge < -0.3 is 9.84 Å². The lowest BCUT2D eigenvalue weighted by atomic mass is 10.4. The fourth-order valence-electron chi connectivity index (χ4n) is 0.888. The molecule has 0 aliphatic carbocycles. The molecule has 1 heterocycles. The fourth-order valence-corrected chi connectivity index (χ4v) is 0.888. The van der Waals surface area contributed by atoms with Gasteiger partial charge >= 0.3 is 6.16 Å². The molecular weight excluding hydrogens is 194 g/mol.